The van der Waals surface area contributed by atoms with Crippen molar-refractivity contribution in [3.05, 3.63) is 51.5 Å². The van der Waals surface area contributed by atoms with Gasteiger partial charge in [0, 0.05) is 4.47 Å². The predicted octanol–water partition coefficient (Wildman–Crippen LogP) is 4.66. The van der Waals surface area contributed by atoms with Gasteiger partial charge in [-0.05, 0) is 36.2 Å². The van der Waals surface area contributed by atoms with Crippen LogP contribution in [-0.2, 0) is 11.2 Å². The van der Waals surface area contributed by atoms with Crippen LogP contribution < -0.4 is 14.2 Å². The van der Waals surface area contributed by atoms with Gasteiger partial charge in [0.25, 0.3) is 0 Å². The number of carbonyl (C=O) groups excluding carboxylic acids is 1. The number of methoxy groups -OCH3 is 2. The standard InChI is InChI=1S/C17H16BrClO4/c1-21-15-9-11(12(18)10-16(15)22-2)7-8-17(20)23-14-6-4-3-5-13(14)19/h3-6,9-10H,7-8H2,1-2H3. The first-order chi connectivity index (χ1) is 11.0. The summed E-state index contributed by atoms with van der Waals surface area (Å²) in [5, 5.41) is 0.410. The lowest BCUT2D eigenvalue weighted by molar-refractivity contribution is -0.134. The molecule has 0 aliphatic carbocycles. The van der Waals surface area contributed by atoms with Gasteiger partial charge in [0.05, 0.1) is 25.7 Å². The van der Waals surface area contributed by atoms with Gasteiger partial charge in [0.2, 0.25) is 0 Å². The Hall–Kier alpha value is -1.72. The van der Waals surface area contributed by atoms with Crippen LogP contribution in [0.1, 0.15) is 12.0 Å². The molecule has 0 atom stereocenters. The van der Waals surface area contributed by atoms with Crippen LogP contribution in [0.25, 0.3) is 0 Å². The van der Waals surface area contributed by atoms with Gasteiger partial charge in [-0.1, -0.05) is 39.7 Å². The molecule has 0 aliphatic heterocycles. The number of rotatable bonds is 6. The van der Waals surface area contributed by atoms with E-state index in [0.29, 0.717) is 28.7 Å². The van der Waals surface area contributed by atoms with Gasteiger partial charge in [-0.2, -0.15) is 0 Å². The minimum Gasteiger partial charge on any atom is -0.493 e. The Morgan fingerprint density at radius 3 is 2.39 bits per heavy atom. The molecule has 0 aliphatic rings. The van der Waals surface area contributed by atoms with E-state index >= 15 is 0 Å². The van der Waals surface area contributed by atoms with Crippen LogP contribution in [0.4, 0.5) is 0 Å². The zero-order valence-electron chi connectivity index (χ0n) is 12.8. The van der Waals surface area contributed by atoms with Crippen molar-refractivity contribution < 1.29 is 19.0 Å². The van der Waals surface area contributed by atoms with Gasteiger partial charge in [-0.25, -0.2) is 0 Å². The zero-order chi connectivity index (χ0) is 16.8. The molecule has 6 heteroatoms. The smallest absolute Gasteiger partial charge is 0.311 e. The van der Waals surface area contributed by atoms with Gasteiger partial charge < -0.3 is 14.2 Å². The molecule has 2 aromatic rings. The second-order valence-electron chi connectivity index (χ2n) is 4.70. The highest BCUT2D eigenvalue weighted by Gasteiger charge is 2.13. The van der Waals surface area contributed by atoms with E-state index in [-0.39, 0.29) is 12.4 Å². The average Bonchev–Trinajstić information content (AvgIpc) is 2.55. The van der Waals surface area contributed by atoms with E-state index in [4.69, 9.17) is 25.8 Å². The summed E-state index contributed by atoms with van der Waals surface area (Å²) in [7, 11) is 3.14. The van der Waals surface area contributed by atoms with E-state index < -0.39 is 0 Å². The highest BCUT2D eigenvalue weighted by molar-refractivity contribution is 9.10. The Morgan fingerprint density at radius 1 is 1.09 bits per heavy atom. The third-order valence-corrected chi connectivity index (χ3v) is 4.26. The molecule has 4 nitrogen and oxygen atoms in total. The number of para-hydroxylation sites is 1. The van der Waals surface area contributed by atoms with E-state index in [9.17, 15) is 4.79 Å². The van der Waals surface area contributed by atoms with Crippen LogP contribution in [0.3, 0.4) is 0 Å². The van der Waals surface area contributed by atoms with Crippen molar-refractivity contribution in [3.63, 3.8) is 0 Å². The first kappa shape index (κ1) is 17.6. The third-order valence-electron chi connectivity index (χ3n) is 3.21. The highest BCUT2D eigenvalue weighted by Crippen LogP contribution is 2.34. The molecule has 2 rings (SSSR count). The lowest BCUT2D eigenvalue weighted by atomic mass is 10.1. The lowest BCUT2D eigenvalue weighted by Gasteiger charge is -2.12. The van der Waals surface area contributed by atoms with Crippen LogP contribution in [0.5, 0.6) is 17.2 Å². The largest absolute Gasteiger partial charge is 0.493 e. The molecule has 0 spiro atoms. The van der Waals surface area contributed by atoms with Crippen molar-refractivity contribution in [1.82, 2.24) is 0 Å². The molecule has 0 bridgehead atoms. The second kappa shape index (κ2) is 8.22. The maximum absolute atomic E-state index is 12.0. The number of halogens is 2. The summed E-state index contributed by atoms with van der Waals surface area (Å²) in [6.07, 6.45) is 0.726. The van der Waals surface area contributed by atoms with Gasteiger partial charge in [-0.15, -0.1) is 0 Å². The Kier molecular flexibility index (Phi) is 6.30. The molecular weight excluding hydrogens is 384 g/mol. The fraction of sp³-hybridized carbons (Fsp3) is 0.235. The van der Waals surface area contributed by atoms with Crippen LogP contribution >= 0.6 is 27.5 Å². The van der Waals surface area contributed by atoms with Crippen LogP contribution in [-0.4, -0.2) is 20.2 Å². The number of hydrogen-bond donors (Lipinski definition) is 0. The molecule has 0 amide bonds. The van der Waals surface area contributed by atoms with Crippen molar-refractivity contribution >= 4 is 33.5 Å². The summed E-state index contributed by atoms with van der Waals surface area (Å²) < 4.78 is 16.6. The molecule has 2 aromatic carbocycles. The molecule has 0 unspecified atom stereocenters. The monoisotopic (exact) mass is 398 g/mol. The Balaban J connectivity index is 2.03. The summed E-state index contributed by atoms with van der Waals surface area (Å²) in [5.41, 5.74) is 0.929. The molecule has 0 radical (unpaired) electrons. The topological polar surface area (TPSA) is 44.8 Å². The van der Waals surface area contributed by atoms with Crippen molar-refractivity contribution in [2.75, 3.05) is 14.2 Å². The van der Waals surface area contributed by atoms with Crippen LogP contribution in [0.15, 0.2) is 40.9 Å². The fourth-order valence-electron chi connectivity index (χ4n) is 2.03. The van der Waals surface area contributed by atoms with Crippen molar-refractivity contribution in [2.24, 2.45) is 0 Å². The quantitative estimate of drug-likeness (QED) is 0.523. The van der Waals surface area contributed by atoms with Crippen molar-refractivity contribution in [1.29, 1.82) is 0 Å². The van der Waals surface area contributed by atoms with Crippen LogP contribution in [0, 0.1) is 0 Å². The summed E-state index contributed by atoms with van der Waals surface area (Å²) in [4.78, 5) is 12.0. The first-order valence-electron chi connectivity index (χ1n) is 6.90. The summed E-state index contributed by atoms with van der Waals surface area (Å²) in [6, 6.07) is 10.5. The SMILES string of the molecule is COc1cc(Br)c(CCC(=O)Oc2ccccc2Cl)cc1OC. The first-order valence-corrected chi connectivity index (χ1v) is 8.08. The van der Waals surface area contributed by atoms with Gasteiger partial charge >= 0.3 is 5.97 Å². The average molecular weight is 400 g/mol. The molecule has 122 valence electrons. The fourth-order valence-corrected chi connectivity index (χ4v) is 2.72. The van der Waals surface area contributed by atoms with Crippen molar-refractivity contribution in [3.8, 4) is 17.2 Å². The normalized spacial score (nSPS) is 10.3. The summed E-state index contributed by atoms with van der Waals surface area (Å²) in [6.45, 7) is 0. The molecule has 0 N–H and O–H groups in total. The Labute approximate surface area is 148 Å². The number of benzene rings is 2. The molecule has 0 heterocycles. The number of carbonyl (C=O) groups is 1. The van der Waals surface area contributed by atoms with Crippen molar-refractivity contribution in [2.45, 2.75) is 12.8 Å². The lowest BCUT2D eigenvalue weighted by Crippen LogP contribution is -2.09. The van der Waals surface area contributed by atoms with E-state index in [1.807, 2.05) is 12.1 Å². The molecule has 0 saturated heterocycles. The Bertz CT molecular complexity index is 703. The minimum absolute atomic E-state index is 0.222. The van der Waals surface area contributed by atoms with E-state index in [1.54, 1.807) is 38.5 Å². The highest BCUT2D eigenvalue weighted by atomic mass is 79.9. The van der Waals surface area contributed by atoms with E-state index in [1.165, 1.54) is 0 Å². The van der Waals surface area contributed by atoms with E-state index in [2.05, 4.69) is 15.9 Å². The molecule has 0 fully saturated rings. The zero-order valence-corrected chi connectivity index (χ0v) is 15.1. The number of aryl methyl sites for hydroxylation is 1. The van der Waals surface area contributed by atoms with E-state index in [0.717, 1.165) is 10.0 Å². The maximum Gasteiger partial charge on any atom is 0.311 e. The summed E-state index contributed by atoms with van der Waals surface area (Å²) >= 11 is 9.44. The number of hydrogen-bond acceptors (Lipinski definition) is 4. The van der Waals surface area contributed by atoms with Gasteiger partial charge in [0.1, 0.15) is 5.75 Å². The molecule has 0 saturated carbocycles. The molecule has 23 heavy (non-hydrogen) atoms. The second-order valence-corrected chi connectivity index (χ2v) is 5.96. The number of ether oxygens (including phenoxy) is 3. The van der Waals surface area contributed by atoms with Gasteiger partial charge in [0.15, 0.2) is 11.5 Å². The Morgan fingerprint density at radius 2 is 1.74 bits per heavy atom. The van der Waals surface area contributed by atoms with Gasteiger partial charge in [-0.3, -0.25) is 4.79 Å². The maximum atomic E-state index is 12.0. The third kappa shape index (κ3) is 4.62. The molecular formula is C17H16BrClO4. The molecule has 0 aromatic heterocycles. The number of esters is 1. The summed E-state index contributed by atoms with van der Waals surface area (Å²) in [5.74, 6) is 1.26. The minimum atomic E-state index is -0.347. The predicted molar refractivity (Wildman–Crippen MR) is 92.7 cm³/mol. The van der Waals surface area contributed by atoms with Crippen LogP contribution in [0.2, 0.25) is 5.02 Å².